The standard InChI is InChI=1S/C24H44N4O12/c29-13-1-17(21(33)34)25-5-7-26(18(2-14-30)22(35)36)9-11-28(20(4-16-32)24(39)40)12-10-27(8-6-25)19(3-15-31)23(37)38/h17-20,29-32H,1-16H2,(H,33,34)(H,35,36)(H,37,38)(H,39,40). The van der Waals surface area contributed by atoms with Gasteiger partial charge in [-0.05, 0) is 25.7 Å². The fraction of sp³-hybridized carbons (Fsp3) is 0.833. The fourth-order valence-corrected chi connectivity index (χ4v) is 5.06. The van der Waals surface area contributed by atoms with Crippen molar-refractivity contribution in [2.45, 2.75) is 49.9 Å². The second-order valence-corrected chi connectivity index (χ2v) is 9.61. The minimum absolute atomic E-state index is 0.0246. The van der Waals surface area contributed by atoms with Gasteiger partial charge in [-0.3, -0.25) is 38.8 Å². The first-order valence-corrected chi connectivity index (χ1v) is 13.3. The van der Waals surface area contributed by atoms with Crippen LogP contribution in [0.4, 0.5) is 0 Å². The molecule has 0 aromatic rings. The van der Waals surface area contributed by atoms with Gasteiger partial charge in [0.2, 0.25) is 0 Å². The first kappa shape index (κ1) is 35.6. The normalized spacial score (nSPS) is 20.5. The molecule has 0 spiro atoms. The summed E-state index contributed by atoms with van der Waals surface area (Å²) in [6, 6.07) is -4.57. The fourth-order valence-electron chi connectivity index (χ4n) is 5.06. The van der Waals surface area contributed by atoms with Crippen LogP contribution in [0.5, 0.6) is 0 Å². The predicted molar refractivity (Wildman–Crippen MR) is 139 cm³/mol. The SMILES string of the molecule is O=C(O)C(CCO)N1CCN(C(CCO)C(=O)O)CCN(C(CCO)C(=O)O)CCN(C(CCO)C(=O)O)CC1. The van der Waals surface area contributed by atoms with E-state index in [2.05, 4.69) is 0 Å². The molecule has 0 aromatic carbocycles. The number of hydrogen-bond donors (Lipinski definition) is 8. The largest absolute Gasteiger partial charge is 0.480 e. The third-order valence-electron chi connectivity index (χ3n) is 7.21. The molecule has 1 aliphatic rings. The van der Waals surface area contributed by atoms with E-state index in [0.717, 1.165) is 0 Å². The highest BCUT2D eigenvalue weighted by Crippen LogP contribution is 2.15. The van der Waals surface area contributed by atoms with E-state index in [1.54, 1.807) is 0 Å². The minimum Gasteiger partial charge on any atom is -0.480 e. The zero-order valence-electron chi connectivity index (χ0n) is 22.6. The van der Waals surface area contributed by atoms with Crippen LogP contribution in [-0.2, 0) is 19.2 Å². The Balaban J connectivity index is 3.52. The monoisotopic (exact) mass is 580 g/mol. The first-order valence-electron chi connectivity index (χ1n) is 13.3. The maximum atomic E-state index is 12.0. The highest BCUT2D eigenvalue weighted by Gasteiger charge is 2.34. The summed E-state index contributed by atoms with van der Waals surface area (Å²) in [5.41, 5.74) is 0. The summed E-state index contributed by atoms with van der Waals surface area (Å²) in [6.45, 7) is -1.52. The number of rotatable bonds is 16. The van der Waals surface area contributed by atoms with Crippen molar-refractivity contribution >= 4 is 23.9 Å². The van der Waals surface area contributed by atoms with Gasteiger partial charge in [-0.1, -0.05) is 0 Å². The zero-order valence-corrected chi connectivity index (χ0v) is 22.6. The number of aliphatic carboxylic acids is 4. The Morgan fingerprint density at radius 2 is 0.550 bits per heavy atom. The molecule has 16 nitrogen and oxygen atoms in total. The van der Waals surface area contributed by atoms with Crippen molar-refractivity contribution < 1.29 is 60.0 Å². The molecule has 1 rings (SSSR count). The van der Waals surface area contributed by atoms with E-state index in [1.807, 2.05) is 0 Å². The van der Waals surface area contributed by atoms with E-state index in [1.165, 1.54) is 19.6 Å². The lowest BCUT2D eigenvalue weighted by Crippen LogP contribution is -2.56. The van der Waals surface area contributed by atoms with Gasteiger partial charge >= 0.3 is 23.9 Å². The van der Waals surface area contributed by atoms with E-state index >= 15 is 0 Å². The van der Waals surface area contributed by atoms with Crippen LogP contribution >= 0.6 is 0 Å². The Hall–Kier alpha value is -2.44. The lowest BCUT2D eigenvalue weighted by atomic mass is 10.1. The third-order valence-corrected chi connectivity index (χ3v) is 7.21. The van der Waals surface area contributed by atoms with Gasteiger partial charge in [0.1, 0.15) is 24.2 Å². The Morgan fingerprint density at radius 1 is 0.400 bits per heavy atom. The Bertz CT molecular complexity index is 660. The smallest absolute Gasteiger partial charge is 0.321 e. The summed E-state index contributed by atoms with van der Waals surface area (Å²) in [7, 11) is 0. The molecule has 1 heterocycles. The molecule has 0 saturated carbocycles. The highest BCUT2D eigenvalue weighted by atomic mass is 16.4. The average molecular weight is 581 g/mol. The van der Waals surface area contributed by atoms with E-state index in [9.17, 15) is 60.0 Å². The molecule has 16 heteroatoms. The van der Waals surface area contributed by atoms with Gasteiger partial charge in [-0.25, -0.2) is 0 Å². The number of carbonyl (C=O) groups is 4. The van der Waals surface area contributed by atoms with Gasteiger partial charge < -0.3 is 40.9 Å². The van der Waals surface area contributed by atoms with Crippen molar-refractivity contribution in [1.82, 2.24) is 19.6 Å². The number of aliphatic hydroxyl groups excluding tert-OH is 4. The van der Waals surface area contributed by atoms with Crippen molar-refractivity contribution in [1.29, 1.82) is 0 Å². The van der Waals surface area contributed by atoms with E-state index < -0.39 is 74.5 Å². The van der Waals surface area contributed by atoms with Crippen molar-refractivity contribution in [2.75, 3.05) is 78.8 Å². The van der Waals surface area contributed by atoms with Gasteiger partial charge in [0.05, 0.1) is 0 Å². The molecule has 0 radical (unpaired) electrons. The summed E-state index contributed by atoms with van der Waals surface area (Å²) in [4.78, 5) is 54.3. The molecule has 8 N–H and O–H groups in total. The average Bonchev–Trinajstić information content (AvgIpc) is 2.88. The van der Waals surface area contributed by atoms with Gasteiger partial charge in [0, 0.05) is 78.8 Å². The molecule has 40 heavy (non-hydrogen) atoms. The lowest BCUT2D eigenvalue weighted by molar-refractivity contribution is -0.148. The molecule has 0 bridgehead atoms. The maximum Gasteiger partial charge on any atom is 0.321 e. The molecule has 0 aliphatic carbocycles. The highest BCUT2D eigenvalue weighted by molar-refractivity contribution is 5.75. The lowest BCUT2D eigenvalue weighted by Gasteiger charge is -2.39. The van der Waals surface area contributed by atoms with Crippen molar-refractivity contribution in [2.24, 2.45) is 0 Å². The molecule has 4 unspecified atom stereocenters. The molecular weight excluding hydrogens is 536 g/mol. The number of carboxylic acids is 4. The van der Waals surface area contributed by atoms with Gasteiger partial charge in [0.25, 0.3) is 0 Å². The first-order chi connectivity index (χ1) is 19.0. The molecule has 1 aliphatic heterocycles. The van der Waals surface area contributed by atoms with E-state index in [4.69, 9.17) is 0 Å². The Labute approximate surface area is 232 Å². The molecule has 0 amide bonds. The van der Waals surface area contributed by atoms with Gasteiger partial charge in [0.15, 0.2) is 0 Å². The second-order valence-electron chi connectivity index (χ2n) is 9.61. The topological polar surface area (TPSA) is 243 Å². The molecular formula is C24H44N4O12. The number of nitrogens with zero attached hydrogens (tertiary/aromatic N) is 4. The van der Waals surface area contributed by atoms with E-state index in [0.29, 0.717) is 0 Å². The number of aliphatic hydroxyl groups is 4. The predicted octanol–water partition coefficient (Wildman–Crippen LogP) is -3.45. The molecule has 1 saturated heterocycles. The summed E-state index contributed by atoms with van der Waals surface area (Å²) in [6.07, 6.45) is -0.490. The second kappa shape index (κ2) is 18.8. The van der Waals surface area contributed by atoms with E-state index in [-0.39, 0.29) is 78.0 Å². The van der Waals surface area contributed by atoms with Crippen LogP contribution in [0.3, 0.4) is 0 Å². The maximum absolute atomic E-state index is 12.0. The van der Waals surface area contributed by atoms with Gasteiger partial charge in [-0.15, -0.1) is 0 Å². The summed E-state index contributed by atoms with van der Waals surface area (Å²) < 4.78 is 0. The van der Waals surface area contributed by atoms with Crippen LogP contribution < -0.4 is 0 Å². The molecule has 1 fully saturated rings. The van der Waals surface area contributed by atoms with Crippen LogP contribution in [0.25, 0.3) is 0 Å². The Morgan fingerprint density at radius 3 is 0.650 bits per heavy atom. The molecule has 0 aromatic heterocycles. The summed E-state index contributed by atoms with van der Waals surface area (Å²) in [5.74, 6) is -4.86. The zero-order chi connectivity index (χ0) is 30.2. The van der Waals surface area contributed by atoms with Crippen molar-refractivity contribution in [3.8, 4) is 0 Å². The van der Waals surface area contributed by atoms with Crippen molar-refractivity contribution in [3.05, 3.63) is 0 Å². The summed E-state index contributed by atoms with van der Waals surface area (Å²) >= 11 is 0. The Kier molecular flexibility index (Phi) is 16.7. The quantitative estimate of drug-likeness (QED) is 0.0884. The molecule has 4 atom stereocenters. The van der Waals surface area contributed by atoms with Crippen LogP contribution in [-0.4, -0.2) is 187 Å². The van der Waals surface area contributed by atoms with Crippen LogP contribution in [0.15, 0.2) is 0 Å². The van der Waals surface area contributed by atoms with Gasteiger partial charge in [-0.2, -0.15) is 0 Å². The minimum atomic E-state index is -1.21. The van der Waals surface area contributed by atoms with Crippen molar-refractivity contribution in [3.63, 3.8) is 0 Å². The van der Waals surface area contributed by atoms with Crippen LogP contribution in [0.1, 0.15) is 25.7 Å². The van der Waals surface area contributed by atoms with Crippen LogP contribution in [0, 0.1) is 0 Å². The summed E-state index contributed by atoms with van der Waals surface area (Å²) in [5, 5.41) is 77.2. The van der Waals surface area contributed by atoms with Crippen LogP contribution in [0.2, 0.25) is 0 Å². The number of carboxylic acid groups (broad SMARTS) is 4. The third kappa shape index (κ3) is 11.2. The molecule has 232 valence electrons. The number of hydrogen-bond acceptors (Lipinski definition) is 12.